The monoisotopic (exact) mass is 378 g/mol. The Labute approximate surface area is 164 Å². The van der Waals surface area contributed by atoms with Gasteiger partial charge in [0.25, 0.3) is 11.5 Å². The number of aromatic nitrogens is 2. The highest BCUT2D eigenvalue weighted by Gasteiger charge is 2.13. The van der Waals surface area contributed by atoms with Gasteiger partial charge in [-0.1, -0.05) is 19.9 Å². The fourth-order valence-corrected chi connectivity index (χ4v) is 3.15. The molecule has 0 saturated carbocycles. The van der Waals surface area contributed by atoms with E-state index in [0.29, 0.717) is 35.8 Å². The van der Waals surface area contributed by atoms with Crippen molar-refractivity contribution in [3.05, 3.63) is 69.6 Å². The van der Waals surface area contributed by atoms with Crippen molar-refractivity contribution in [2.45, 2.75) is 26.2 Å². The zero-order valence-electron chi connectivity index (χ0n) is 16.7. The van der Waals surface area contributed by atoms with E-state index in [-0.39, 0.29) is 11.5 Å². The Morgan fingerprint density at radius 1 is 1.21 bits per heavy atom. The van der Waals surface area contributed by atoms with E-state index in [9.17, 15) is 9.59 Å². The average molecular weight is 378 g/mol. The third-order valence-corrected chi connectivity index (χ3v) is 4.75. The van der Waals surface area contributed by atoms with Crippen LogP contribution in [0.3, 0.4) is 0 Å². The first-order valence-electron chi connectivity index (χ1n) is 9.43. The van der Waals surface area contributed by atoms with Gasteiger partial charge in [-0.15, -0.1) is 0 Å². The number of anilines is 1. The topological polar surface area (TPSA) is 78.1 Å². The second-order valence-corrected chi connectivity index (χ2v) is 7.40. The van der Waals surface area contributed by atoms with E-state index in [4.69, 9.17) is 0 Å². The number of aromatic amines is 1. The standard InChI is InChI=1S/C22H26N4O2/c1-14(2)15-7-8-19-17(12-15)13-16(21(27)25-19)9-11-24-22(28)18-6-5-10-23-20(18)26(3)4/h5-8,10,12-14H,9,11H2,1-4H3,(H,24,28)(H,25,27). The number of rotatable bonds is 6. The highest BCUT2D eigenvalue weighted by atomic mass is 16.1. The van der Waals surface area contributed by atoms with Gasteiger partial charge in [-0.3, -0.25) is 9.59 Å². The molecule has 2 aromatic heterocycles. The molecule has 146 valence electrons. The lowest BCUT2D eigenvalue weighted by Crippen LogP contribution is -2.29. The number of H-pyrrole nitrogens is 1. The minimum absolute atomic E-state index is 0.116. The maximum Gasteiger partial charge on any atom is 0.255 e. The van der Waals surface area contributed by atoms with Crippen LogP contribution in [0.25, 0.3) is 10.9 Å². The molecule has 0 fully saturated rings. The Hall–Kier alpha value is -3.15. The number of carbonyl (C=O) groups excluding carboxylic acids is 1. The summed E-state index contributed by atoms with van der Waals surface area (Å²) in [6.07, 6.45) is 2.12. The number of benzene rings is 1. The van der Waals surface area contributed by atoms with Gasteiger partial charge in [0.1, 0.15) is 5.82 Å². The van der Waals surface area contributed by atoms with Crippen LogP contribution in [0, 0.1) is 0 Å². The minimum atomic E-state index is -0.198. The highest BCUT2D eigenvalue weighted by Crippen LogP contribution is 2.20. The molecule has 0 unspecified atom stereocenters. The van der Waals surface area contributed by atoms with Crippen LogP contribution >= 0.6 is 0 Å². The molecule has 0 atom stereocenters. The molecule has 28 heavy (non-hydrogen) atoms. The molecule has 1 amide bonds. The van der Waals surface area contributed by atoms with Gasteiger partial charge < -0.3 is 15.2 Å². The van der Waals surface area contributed by atoms with Crippen LogP contribution < -0.4 is 15.8 Å². The van der Waals surface area contributed by atoms with Crippen LogP contribution in [0.1, 0.15) is 41.3 Å². The van der Waals surface area contributed by atoms with Crippen molar-refractivity contribution in [1.29, 1.82) is 0 Å². The number of hydrogen-bond acceptors (Lipinski definition) is 4. The van der Waals surface area contributed by atoms with Crippen LogP contribution in [0.15, 0.2) is 47.4 Å². The second kappa shape index (κ2) is 8.25. The van der Waals surface area contributed by atoms with Crippen molar-refractivity contribution in [1.82, 2.24) is 15.3 Å². The molecular weight excluding hydrogens is 352 g/mol. The quantitative estimate of drug-likeness (QED) is 0.691. The third-order valence-electron chi connectivity index (χ3n) is 4.75. The number of nitrogens with zero attached hydrogens (tertiary/aromatic N) is 2. The molecule has 3 rings (SSSR count). The van der Waals surface area contributed by atoms with Crippen LogP contribution in [-0.2, 0) is 6.42 Å². The number of nitrogens with one attached hydrogen (secondary N) is 2. The lowest BCUT2D eigenvalue weighted by atomic mass is 10.0. The summed E-state index contributed by atoms with van der Waals surface area (Å²) in [4.78, 5) is 33.9. The van der Waals surface area contributed by atoms with Crippen LogP contribution in [-0.4, -0.2) is 36.5 Å². The van der Waals surface area contributed by atoms with Crippen molar-refractivity contribution < 1.29 is 4.79 Å². The zero-order chi connectivity index (χ0) is 20.3. The Balaban J connectivity index is 1.74. The van der Waals surface area contributed by atoms with Crippen LogP contribution in [0.2, 0.25) is 0 Å². The van der Waals surface area contributed by atoms with Gasteiger partial charge in [0, 0.05) is 37.9 Å². The summed E-state index contributed by atoms with van der Waals surface area (Å²) < 4.78 is 0. The minimum Gasteiger partial charge on any atom is -0.362 e. The van der Waals surface area contributed by atoms with E-state index >= 15 is 0 Å². The van der Waals surface area contributed by atoms with E-state index in [0.717, 1.165) is 10.9 Å². The van der Waals surface area contributed by atoms with Crippen molar-refractivity contribution in [3.63, 3.8) is 0 Å². The molecule has 0 aliphatic heterocycles. The Morgan fingerprint density at radius 2 is 2.00 bits per heavy atom. The molecule has 0 spiro atoms. The van der Waals surface area contributed by atoms with E-state index in [1.54, 1.807) is 23.2 Å². The maximum absolute atomic E-state index is 12.5. The Bertz CT molecular complexity index is 1050. The van der Waals surface area contributed by atoms with Gasteiger partial charge in [-0.25, -0.2) is 4.98 Å². The number of fused-ring (bicyclic) bond motifs is 1. The van der Waals surface area contributed by atoms with Crippen molar-refractivity contribution in [2.75, 3.05) is 25.5 Å². The van der Waals surface area contributed by atoms with Gasteiger partial charge >= 0.3 is 0 Å². The smallest absolute Gasteiger partial charge is 0.255 e. The third kappa shape index (κ3) is 4.22. The van der Waals surface area contributed by atoms with E-state index in [1.165, 1.54) is 5.56 Å². The number of pyridine rings is 2. The predicted molar refractivity (Wildman–Crippen MR) is 113 cm³/mol. The fourth-order valence-electron chi connectivity index (χ4n) is 3.15. The lowest BCUT2D eigenvalue weighted by molar-refractivity contribution is 0.0954. The first-order valence-corrected chi connectivity index (χ1v) is 9.43. The van der Waals surface area contributed by atoms with Gasteiger partial charge in [-0.05, 0) is 53.6 Å². The molecule has 0 radical (unpaired) electrons. The van der Waals surface area contributed by atoms with Gasteiger partial charge in [0.15, 0.2) is 0 Å². The molecule has 0 saturated heterocycles. The summed E-state index contributed by atoms with van der Waals surface area (Å²) in [5, 5.41) is 3.90. The molecule has 0 aliphatic rings. The molecule has 2 heterocycles. The van der Waals surface area contributed by atoms with Gasteiger partial charge in [0.2, 0.25) is 0 Å². The van der Waals surface area contributed by atoms with Crippen molar-refractivity contribution in [2.24, 2.45) is 0 Å². The normalized spacial score (nSPS) is 11.0. The summed E-state index contributed by atoms with van der Waals surface area (Å²) in [6.45, 7) is 4.66. The molecular formula is C22H26N4O2. The number of carbonyl (C=O) groups is 1. The Morgan fingerprint density at radius 3 is 2.71 bits per heavy atom. The van der Waals surface area contributed by atoms with Crippen LogP contribution in [0.4, 0.5) is 5.82 Å². The molecule has 6 nitrogen and oxygen atoms in total. The van der Waals surface area contributed by atoms with Gasteiger partial charge in [0.05, 0.1) is 5.56 Å². The first kappa shape index (κ1) is 19.6. The molecule has 1 aromatic carbocycles. The van der Waals surface area contributed by atoms with E-state index in [2.05, 4.69) is 35.2 Å². The zero-order valence-corrected chi connectivity index (χ0v) is 16.7. The summed E-state index contributed by atoms with van der Waals surface area (Å²) >= 11 is 0. The largest absolute Gasteiger partial charge is 0.362 e. The summed E-state index contributed by atoms with van der Waals surface area (Å²) in [6, 6.07) is 11.5. The molecule has 6 heteroatoms. The van der Waals surface area contributed by atoms with E-state index in [1.807, 2.05) is 32.3 Å². The SMILES string of the molecule is CC(C)c1ccc2[nH]c(=O)c(CCNC(=O)c3cccnc3N(C)C)cc2c1. The second-order valence-electron chi connectivity index (χ2n) is 7.40. The van der Waals surface area contributed by atoms with Crippen molar-refractivity contribution in [3.8, 4) is 0 Å². The van der Waals surface area contributed by atoms with Crippen molar-refractivity contribution >= 4 is 22.6 Å². The lowest BCUT2D eigenvalue weighted by Gasteiger charge is -2.15. The number of amides is 1. The predicted octanol–water partition coefficient (Wildman–Crippen LogP) is 3.09. The van der Waals surface area contributed by atoms with Gasteiger partial charge in [-0.2, -0.15) is 0 Å². The summed E-state index contributed by atoms with van der Waals surface area (Å²) in [7, 11) is 3.69. The molecule has 0 aliphatic carbocycles. The molecule has 2 N–H and O–H groups in total. The molecule has 3 aromatic rings. The number of hydrogen-bond donors (Lipinski definition) is 2. The maximum atomic E-state index is 12.5. The summed E-state index contributed by atoms with van der Waals surface area (Å²) in [5.41, 5.74) is 3.11. The molecule has 0 bridgehead atoms. The average Bonchev–Trinajstić information content (AvgIpc) is 2.67. The highest BCUT2D eigenvalue weighted by molar-refractivity contribution is 5.98. The first-order chi connectivity index (χ1) is 13.4. The summed E-state index contributed by atoms with van der Waals surface area (Å²) in [5.74, 6) is 0.838. The van der Waals surface area contributed by atoms with E-state index < -0.39 is 0 Å². The Kier molecular flexibility index (Phi) is 5.78. The fraction of sp³-hybridized carbons (Fsp3) is 0.318. The van der Waals surface area contributed by atoms with Crippen LogP contribution in [0.5, 0.6) is 0 Å².